The number of thioether (sulfide) groups is 1. The maximum Gasteiger partial charge on any atom is 0.488 e. The molecule has 1 aliphatic rings. The van der Waals surface area contributed by atoms with Gasteiger partial charge in [-0.05, 0) is 23.9 Å². The third-order valence-electron chi connectivity index (χ3n) is 2.90. The molecule has 0 aliphatic carbocycles. The Morgan fingerprint density at radius 3 is 2.76 bits per heavy atom. The predicted octanol–water partition coefficient (Wildman–Crippen LogP) is 0.779. The van der Waals surface area contributed by atoms with Gasteiger partial charge in [-0.2, -0.15) is 11.8 Å². The Labute approximate surface area is 106 Å². The lowest BCUT2D eigenvalue weighted by Crippen LogP contribution is -2.29. The summed E-state index contributed by atoms with van der Waals surface area (Å²) in [5.41, 5.74) is 1.71. The molecular formula is C12H17BO3S. The van der Waals surface area contributed by atoms with Gasteiger partial charge in [0.2, 0.25) is 0 Å². The predicted molar refractivity (Wildman–Crippen MR) is 71.4 cm³/mol. The summed E-state index contributed by atoms with van der Waals surface area (Å²) in [6.45, 7) is 1.74. The number of hydrogen-bond acceptors (Lipinski definition) is 4. The van der Waals surface area contributed by atoms with Crippen LogP contribution in [0.4, 0.5) is 0 Å². The van der Waals surface area contributed by atoms with E-state index in [9.17, 15) is 0 Å². The van der Waals surface area contributed by atoms with Crippen LogP contribution in [-0.4, -0.2) is 35.6 Å². The summed E-state index contributed by atoms with van der Waals surface area (Å²) in [6, 6.07) is 7.48. The smallest absolute Gasteiger partial charge is 0.423 e. The van der Waals surface area contributed by atoms with Gasteiger partial charge in [-0.1, -0.05) is 24.3 Å². The summed E-state index contributed by atoms with van der Waals surface area (Å²) in [5, 5.41) is 18.9. The average molecular weight is 252 g/mol. The van der Waals surface area contributed by atoms with Crippen LogP contribution < -0.4 is 5.46 Å². The average Bonchev–Trinajstić information content (AvgIpc) is 2.38. The fraction of sp³-hybridized carbons (Fsp3) is 0.500. The van der Waals surface area contributed by atoms with Crippen molar-refractivity contribution in [1.29, 1.82) is 0 Å². The van der Waals surface area contributed by atoms with Crippen LogP contribution in [0.1, 0.15) is 18.4 Å². The van der Waals surface area contributed by atoms with Crippen LogP contribution in [0, 0.1) is 0 Å². The van der Waals surface area contributed by atoms with Gasteiger partial charge in [-0.25, -0.2) is 0 Å². The molecule has 1 saturated heterocycles. The maximum absolute atomic E-state index is 9.10. The summed E-state index contributed by atoms with van der Waals surface area (Å²) < 4.78 is 5.32. The van der Waals surface area contributed by atoms with Crippen LogP contribution in [0.25, 0.3) is 0 Å². The van der Waals surface area contributed by atoms with Crippen molar-refractivity contribution in [2.24, 2.45) is 0 Å². The molecule has 0 aromatic heterocycles. The number of benzene rings is 1. The Balaban J connectivity index is 1.87. The molecule has 1 aromatic carbocycles. The summed E-state index contributed by atoms with van der Waals surface area (Å²) in [5.74, 6) is 0.922. The molecular weight excluding hydrogens is 235 g/mol. The van der Waals surface area contributed by atoms with Gasteiger partial charge in [0, 0.05) is 24.2 Å². The van der Waals surface area contributed by atoms with Crippen LogP contribution in [0.2, 0.25) is 0 Å². The van der Waals surface area contributed by atoms with E-state index in [1.165, 1.54) is 0 Å². The van der Waals surface area contributed by atoms with Gasteiger partial charge in [0.1, 0.15) is 0 Å². The van der Waals surface area contributed by atoms with Crippen LogP contribution in [0.5, 0.6) is 0 Å². The molecule has 0 bridgehead atoms. The molecule has 5 heteroatoms. The zero-order chi connectivity index (χ0) is 12.1. The first kappa shape index (κ1) is 13.0. The molecule has 92 valence electrons. The Kier molecular flexibility index (Phi) is 4.92. The monoisotopic (exact) mass is 252 g/mol. The van der Waals surface area contributed by atoms with Crippen molar-refractivity contribution in [1.82, 2.24) is 0 Å². The molecule has 1 aromatic rings. The lowest BCUT2D eigenvalue weighted by molar-refractivity contribution is 0.1000. The van der Waals surface area contributed by atoms with Gasteiger partial charge in [0.25, 0.3) is 0 Å². The maximum atomic E-state index is 9.10. The van der Waals surface area contributed by atoms with Crippen LogP contribution in [-0.2, 0) is 10.5 Å². The molecule has 0 radical (unpaired) electrons. The van der Waals surface area contributed by atoms with E-state index in [2.05, 4.69) is 0 Å². The third kappa shape index (κ3) is 4.03. The molecule has 1 aliphatic heterocycles. The van der Waals surface area contributed by atoms with Crippen LogP contribution in [0.3, 0.4) is 0 Å². The van der Waals surface area contributed by atoms with E-state index >= 15 is 0 Å². The molecule has 1 heterocycles. The minimum atomic E-state index is -1.37. The summed E-state index contributed by atoms with van der Waals surface area (Å²) >= 11 is 1.93. The molecule has 2 N–H and O–H groups in total. The SMILES string of the molecule is OB(O)c1cccc(CSC2CCOCC2)c1. The van der Waals surface area contributed by atoms with E-state index in [0.717, 1.165) is 37.4 Å². The number of ether oxygens (including phenoxy) is 1. The largest absolute Gasteiger partial charge is 0.488 e. The van der Waals surface area contributed by atoms with E-state index in [0.29, 0.717) is 10.7 Å². The van der Waals surface area contributed by atoms with E-state index < -0.39 is 7.12 Å². The molecule has 0 atom stereocenters. The topological polar surface area (TPSA) is 49.7 Å². The highest BCUT2D eigenvalue weighted by molar-refractivity contribution is 7.99. The molecule has 2 rings (SSSR count). The number of hydrogen-bond donors (Lipinski definition) is 2. The minimum Gasteiger partial charge on any atom is -0.423 e. The van der Waals surface area contributed by atoms with Gasteiger partial charge in [-0.3, -0.25) is 0 Å². The van der Waals surface area contributed by atoms with Crippen LogP contribution >= 0.6 is 11.8 Å². The normalized spacial score (nSPS) is 17.1. The fourth-order valence-electron chi connectivity index (χ4n) is 1.90. The van der Waals surface area contributed by atoms with Crippen molar-refractivity contribution in [3.63, 3.8) is 0 Å². The van der Waals surface area contributed by atoms with Crippen molar-refractivity contribution in [2.75, 3.05) is 13.2 Å². The molecule has 17 heavy (non-hydrogen) atoms. The van der Waals surface area contributed by atoms with Gasteiger partial charge < -0.3 is 14.8 Å². The first-order chi connectivity index (χ1) is 8.25. The van der Waals surface area contributed by atoms with E-state index in [1.807, 2.05) is 30.0 Å². The molecule has 0 unspecified atom stereocenters. The van der Waals surface area contributed by atoms with Gasteiger partial charge in [0.15, 0.2) is 0 Å². The first-order valence-corrected chi connectivity index (χ1v) is 6.95. The van der Waals surface area contributed by atoms with Crippen molar-refractivity contribution < 1.29 is 14.8 Å². The van der Waals surface area contributed by atoms with Gasteiger partial charge in [-0.15, -0.1) is 0 Å². The molecule has 1 fully saturated rings. The number of rotatable bonds is 4. The lowest BCUT2D eigenvalue weighted by atomic mass is 9.80. The standard InChI is InChI=1S/C12H17BO3S/c14-13(15)11-3-1-2-10(8-11)9-17-12-4-6-16-7-5-12/h1-3,8,12,14-15H,4-7,9H2. The van der Waals surface area contributed by atoms with Crippen molar-refractivity contribution in [3.05, 3.63) is 29.8 Å². The lowest BCUT2D eigenvalue weighted by Gasteiger charge is -2.21. The van der Waals surface area contributed by atoms with Crippen LogP contribution in [0.15, 0.2) is 24.3 Å². The Morgan fingerprint density at radius 2 is 2.06 bits per heavy atom. The molecule has 0 amide bonds. The second-order valence-electron chi connectivity index (χ2n) is 4.24. The summed E-state index contributed by atoms with van der Waals surface area (Å²) in [4.78, 5) is 0. The van der Waals surface area contributed by atoms with E-state index in [1.54, 1.807) is 6.07 Å². The zero-order valence-electron chi connectivity index (χ0n) is 9.71. The molecule has 0 spiro atoms. The van der Waals surface area contributed by atoms with E-state index in [4.69, 9.17) is 14.8 Å². The molecule has 3 nitrogen and oxygen atoms in total. The van der Waals surface area contributed by atoms with Crippen molar-refractivity contribution >= 4 is 24.3 Å². The summed E-state index contributed by atoms with van der Waals surface area (Å²) in [6.07, 6.45) is 2.24. The molecule has 0 saturated carbocycles. The Hall–Kier alpha value is -0.485. The quantitative estimate of drug-likeness (QED) is 0.777. The zero-order valence-corrected chi connectivity index (χ0v) is 10.5. The van der Waals surface area contributed by atoms with Gasteiger partial charge >= 0.3 is 7.12 Å². The minimum absolute atomic E-state index is 0.565. The van der Waals surface area contributed by atoms with E-state index in [-0.39, 0.29) is 0 Å². The first-order valence-electron chi connectivity index (χ1n) is 5.90. The summed E-state index contributed by atoms with van der Waals surface area (Å²) in [7, 11) is -1.37. The fourth-order valence-corrected chi connectivity index (χ4v) is 3.03. The Morgan fingerprint density at radius 1 is 1.29 bits per heavy atom. The Bertz CT molecular complexity index is 353. The van der Waals surface area contributed by atoms with Gasteiger partial charge in [0.05, 0.1) is 0 Å². The van der Waals surface area contributed by atoms with Crippen molar-refractivity contribution in [2.45, 2.75) is 23.8 Å². The third-order valence-corrected chi connectivity index (χ3v) is 4.35. The highest BCUT2D eigenvalue weighted by Crippen LogP contribution is 2.25. The second-order valence-corrected chi connectivity index (χ2v) is 5.53. The highest BCUT2D eigenvalue weighted by atomic mass is 32.2. The van der Waals surface area contributed by atoms with Crippen molar-refractivity contribution in [3.8, 4) is 0 Å². The highest BCUT2D eigenvalue weighted by Gasteiger charge is 2.15. The second kappa shape index (κ2) is 6.45.